The number of hydrogen-bond acceptors (Lipinski definition) is 4. The summed E-state index contributed by atoms with van der Waals surface area (Å²) < 4.78 is 13.6. The number of nitrogens with zero attached hydrogens (tertiary/aromatic N) is 2. The molecule has 2 amide bonds. The van der Waals surface area contributed by atoms with Gasteiger partial charge in [0.1, 0.15) is 11.7 Å². The van der Waals surface area contributed by atoms with Crippen molar-refractivity contribution < 1.29 is 18.8 Å². The molecule has 156 valence electrons. The van der Waals surface area contributed by atoms with E-state index in [-0.39, 0.29) is 5.02 Å². The number of halogens is 3. The fourth-order valence-corrected chi connectivity index (χ4v) is 4.38. The summed E-state index contributed by atoms with van der Waals surface area (Å²) in [4.78, 5) is 33.8. The van der Waals surface area contributed by atoms with Crippen molar-refractivity contribution in [2.45, 2.75) is 12.1 Å². The molecule has 3 aromatic rings. The number of rotatable bonds is 3. The lowest BCUT2D eigenvalue weighted by atomic mass is 9.90. The topological polar surface area (TPSA) is 49.9 Å². The molecule has 0 bridgehead atoms. The van der Waals surface area contributed by atoms with Crippen LogP contribution in [0.1, 0.15) is 11.6 Å². The van der Waals surface area contributed by atoms with Crippen LogP contribution in [-0.4, -0.2) is 17.9 Å². The Hall–Kier alpha value is -2.93. The SMILES string of the molecule is O=C1[C@@H]2[C@@H](ON(c3ccccc3)[C@H]2c2ccc(F)cc2)C(=O)N1c1ccc(Cl)c(Cl)c1. The summed E-state index contributed by atoms with van der Waals surface area (Å²) >= 11 is 12.1. The predicted molar refractivity (Wildman–Crippen MR) is 115 cm³/mol. The molecule has 3 atom stereocenters. The molecule has 5 rings (SSSR count). The normalized spacial score (nSPS) is 22.9. The standard InChI is InChI=1S/C23H15Cl2FN2O3/c24-17-11-10-16(12-18(17)25)27-22(29)19-20(13-6-8-14(26)9-7-13)28(31-21(19)23(27)30)15-4-2-1-3-5-15/h1-12,19-21H/t19-,20-,21+/m0/s1. The van der Waals surface area contributed by atoms with Gasteiger partial charge in [-0.2, -0.15) is 0 Å². The summed E-state index contributed by atoms with van der Waals surface area (Å²) in [5.74, 6) is -2.11. The molecule has 3 aromatic carbocycles. The van der Waals surface area contributed by atoms with Gasteiger partial charge in [0.25, 0.3) is 5.91 Å². The van der Waals surface area contributed by atoms with E-state index in [2.05, 4.69) is 0 Å². The minimum absolute atomic E-state index is 0.235. The molecule has 2 heterocycles. The van der Waals surface area contributed by atoms with Gasteiger partial charge in [0.2, 0.25) is 5.91 Å². The number of benzene rings is 3. The minimum atomic E-state index is -1.02. The number of fused-ring (bicyclic) bond motifs is 1. The molecule has 0 unspecified atom stereocenters. The van der Waals surface area contributed by atoms with Gasteiger partial charge in [-0.3, -0.25) is 14.4 Å². The van der Waals surface area contributed by atoms with Crippen molar-refractivity contribution in [3.63, 3.8) is 0 Å². The smallest absolute Gasteiger partial charge is 0.266 e. The quantitative estimate of drug-likeness (QED) is 0.509. The number of hydroxylamine groups is 1. The number of hydrogen-bond donors (Lipinski definition) is 0. The highest BCUT2D eigenvalue weighted by Crippen LogP contribution is 2.47. The van der Waals surface area contributed by atoms with Gasteiger partial charge in [0.05, 0.1) is 27.5 Å². The number of anilines is 2. The van der Waals surface area contributed by atoms with Crippen molar-refractivity contribution in [1.29, 1.82) is 0 Å². The lowest BCUT2D eigenvalue weighted by molar-refractivity contribution is -0.126. The molecule has 0 N–H and O–H groups in total. The number of amides is 2. The van der Waals surface area contributed by atoms with Gasteiger partial charge >= 0.3 is 0 Å². The molecule has 0 radical (unpaired) electrons. The van der Waals surface area contributed by atoms with Crippen LogP contribution in [0.4, 0.5) is 15.8 Å². The van der Waals surface area contributed by atoms with Crippen molar-refractivity contribution in [2.24, 2.45) is 5.92 Å². The monoisotopic (exact) mass is 456 g/mol. The number of imide groups is 1. The first-order chi connectivity index (χ1) is 15.0. The molecule has 2 fully saturated rings. The van der Waals surface area contributed by atoms with Gasteiger partial charge in [0.15, 0.2) is 6.10 Å². The van der Waals surface area contributed by atoms with E-state index < -0.39 is 35.7 Å². The maximum absolute atomic E-state index is 13.6. The summed E-state index contributed by atoms with van der Waals surface area (Å²) in [7, 11) is 0. The summed E-state index contributed by atoms with van der Waals surface area (Å²) in [6, 6.07) is 19.0. The van der Waals surface area contributed by atoms with E-state index in [4.69, 9.17) is 28.0 Å². The molecular weight excluding hydrogens is 442 g/mol. The Balaban J connectivity index is 1.58. The summed E-state index contributed by atoms with van der Waals surface area (Å²) in [5, 5.41) is 2.11. The first-order valence-corrected chi connectivity index (χ1v) is 10.3. The Bertz CT molecular complexity index is 1170. The fourth-order valence-electron chi connectivity index (χ4n) is 4.09. The number of para-hydroxylation sites is 1. The van der Waals surface area contributed by atoms with Crippen LogP contribution in [0.5, 0.6) is 0 Å². The van der Waals surface area contributed by atoms with E-state index >= 15 is 0 Å². The average molecular weight is 457 g/mol. The van der Waals surface area contributed by atoms with Crippen LogP contribution in [0.15, 0.2) is 72.8 Å². The second-order valence-electron chi connectivity index (χ2n) is 7.32. The highest BCUT2D eigenvalue weighted by molar-refractivity contribution is 6.42. The van der Waals surface area contributed by atoms with Crippen LogP contribution in [0, 0.1) is 11.7 Å². The molecule has 2 aliphatic rings. The van der Waals surface area contributed by atoms with Crippen molar-refractivity contribution in [1.82, 2.24) is 0 Å². The highest BCUT2D eigenvalue weighted by atomic mass is 35.5. The maximum atomic E-state index is 13.6. The molecular formula is C23H15Cl2FN2O3. The van der Waals surface area contributed by atoms with E-state index in [1.165, 1.54) is 24.3 Å². The first kappa shape index (κ1) is 20.0. The lowest BCUT2D eigenvalue weighted by Crippen LogP contribution is -2.37. The van der Waals surface area contributed by atoms with Crippen molar-refractivity contribution >= 4 is 46.4 Å². The molecule has 0 spiro atoms. The van der Waals surface area contributed by atoms with Gasteiger partial charge in [-0.05, 0) is 48.0 Å². The third-order valence-corrected chi connectivity index (χ3v) is 6.24. The second kappa shape index (κ2) is 7.64. The summed E-state index contributed by atoms with van der Waals surface area (Å²) in [6.07, 6.45) is -1.02. The zero-order chi connectivity index (χ0) is 21.7. The van der Waals surface area contributed by atoms with Gasteiger partial charge in [-0.25, -0.2) is 14.4 Å². The summed E-state index contributed by atoms with van der Waals surface area (Å²) in [6.45, 7) is 0. The average Bonchev–Trinajstić information content (AvgIpc) is 3.28. The molecule has 0 aliphatic carbocycles. The van der Waals surface area contributed by atoms with Gasteiger partial charge in [-0.1, -0.05) is 53.5 Å². The van der Waals surface area contributed by atoms with Crippen LogP contribution >= 0.6 is 23.2 Å². The fraction of sp³-hybridized carbons (Fsp3) is 0.130. The Morgan fingerprint density at radius 1 is 0.806 bits per heavy atom. The zero-order valence-corrected chi connectivity index (χ0v) is 17.4. The minimum Gasteiger partial charge on any atom is -0.273 e. The van der Waals surface area contributed by atoms with Gasteiger partial charge < -0.3 is 0 Å². The Morgan fingerprint density at radius 2 is 1.52 bits per heavy atom. The Kier molecular flexibility index (Phi) is 4.93. The number of carbonyl (C=O) groups excluding carboxylic acids is 2. The van der Waals surface area contributed by atoms with E-state index in [0.29, 0.717) is 22.0 Å². The van der Waals surface area contributed by atoms with Crippen LogP contribution < -0.4 is 9.96 Å². The van der Waals surface area contributed by atoms with Gasteiger partial charge in [-0.15, -0.1) is 0 Å². The molecule has 0 aromatic heterocycles. The lowest BCUT2D eigenvalue weighted by Gasteiger charge is -2.28. The molecule has 8 heteroatoms. The molecule has 2 saturated heterocycles. The van der Waals surface area contributed by atoms with Crippen LogP contribution in [0.2, 0.25) is 10.0 Å². The third-order valence-electron chi connectivity index (χ3n) is 5.50. The Labute approximate surface area is 187 Å². The summed E-state index contributed by atoms with van der Waals surface area (Å²) in [5.41, 5.74) is 1.68. The predicted octanol–water partition coefficient (Wildman–Crippen LogP) is 5.18. The van der Waals surface area contributed by atoms with Crippen molar-refractivity contribution in [3.05, 3.63) is 94.2 Å². The van der Waals surface area contributed by atoms with Crippen LogP contribution in [0.3, 0.4) is 0 Å². The van der Waals surface area contributed by atoms with Crippen molar-refractivity contribution in [2.75, 3.05) is 9.96 Å². The molecule has 2 aliphatic heterocycles. The van der Waals surface area contributed by atoms with E-state index in [9.17, 15) is 14.0 Å². The Morgan fingerprint density at radius 3 is 2.19 bits per heavy atom. The molecule has 5 nitrogen and oxygen atoms in total. The number of carbonyl (C=O) groups is 2. The van der Waals surface area contributed by atoms with E-state index in [1.807, 2.05) is 30.3 Å². The second-order valence-corrected chi connectivity index (χ2v) is 8.13. The molecule has 31 heavy (non-hydrogen) atoms. The maximum Gasteiger partial charge on any atom is 0.266 e. The third kappa shape index (κ3) is 3.28. The van der Waals surface area contributed by atoms with Gasteiger partial charge in [0, 0.05) is 0 Å². The van der Waals surface area contributed by atoms with E-state index in [1.54, 1.807) is 23.3 Å². The first-order valence-electron chi connectivity index (χ1n) is 9.55. The zero-order valence-electron chi connectivity index (χ0n) is 15.9. The molecule has 0 saturated carbocycles. The highest BCUT2D eigenvalue weighted by Gasteiger charge is 2.60. The van der Waals surface area contributed by atoms with E-state index in [0.717, 1.165) is 4.90 Å². The van der Waals surface area contributed by atoms with Crippen molar-refractivity contribution in [3.8, 4) is 0 Å². The van der Waals surface area contributed by atoms with Crippen LogP contribution in [0.25, 0.3) is 0 Å². The largest absolute Gasteiger partial charge is 0.273 e. The van der Waals surface area contributed by atoms with Crippen LogP contribution in [-0.2, 0) is 14.4 Å².